The lowest BCUT2D eigenvalue weighted by atomic mass is 9.85. The van der Waals surface area contributed by atoms with Crippen LogP contribution < -0.4 is 10.5 Å². The van der Waals surface area contributed by atoms with Crippen LogP contribution in [0.3, 0.4) is 0 Å². The molecule has 3 N–H and O–H groups in total. The fraction of sp³-hybridized carbons (Fsp3) is 0.571. The lowest BCUT2D eigenvalue weighted by Crippen LogP contribution is -2.38. The first-order valence-electron chi connectivity index (χ1n) is 6.99. The number of rotatable bonds is 4. The van der Waals surface area contributed by atoms with Gasteiger partial charge in [0.2, 0.25) is 10.0 Å². The Kier molecular flexibility index (Phi) is 4.65. The highest BCUT2D eigenvalue weighted by atomic mass is 32.2. The molecule has 0 spiro atoms. The molecule has 2 atom stereocenters. The normalized spacial score (nSPS) is 23.7. The molecule has 0 radical (unpaired) electrons. The van der Waals surface area contributed by atoms with Crippen LogP contribution in [0.4, 0.5) is 10.1 Å². The lowest BCUT2D eigenvalue weighted by molar-refractivity contribution is 0.301. The Labute approximate surface area is 119 Å². The van der Waals surface area contributed by atoms with Gasteiger partial charge in [0.05, 0.1) is 10.6 Å². The first kappa shape index (κ1) is 15.3. The molecule has 1 aromatic rings. The molecule has 2 rings (SSSR count). The van der Waals surface area contributed by atoms with Gasteiger partial charge in [0.15, 0.2) is 0 Å². The highest BCUT2D eigenvalue weighted by molar-refractivity contribution is 7.89. The summed E-state index contributed by atoms with van der Waals surface area (Å²) in [6.07, 6.45) is 4.95. The summed E-state index contributed by atoms with van der Waals surface area (Å²) in [5.41, 5.74) is 5.31. The summed E-state index contributed by atoms with van der Waals surface area (Å²) in [5.74, 6) is -0.137. The quantitative estimate of drug-likeness (QED) is 0.840. The summed E-state index contributed by atoms with van der Waals surface area (Å²) in [7, 11) is -3.68. The topological polar surface area (TPSA) is 72.2 Å². The maximum absolute atomic E-state index is 13.4. The summed E-state index contributed by atoms with van der Waals surface area (Å²) >= 11 is 0. The molecule has 0 heterocycles. The molecule has 4 nitrogen and oxygen atoms in total. The van der Waals surface area contributed by atoms with E-state index in [0.29, 0.717) is 5.92 Å². The van der Waals surface area contributed by atoms with E-state index in [-0.39, 0.29) is 16.6 Å². The summed E-state index contributed by atoms with van der Waals surface area (Å²) in [5, 5.41) is 0. The number of nitrogens with one attached hydrogen (secondary N) is 1. The van der Waals surface area contributed by atoms with E-state index in [0.717, 1.165) is 38.2 Å². The fourth-order valence-electron chi connectivity index (χ4n) is 2.73. The molecule has 1 saturated carbocycles. The van der Waals surface area contributed by atoms with Crippen molar-refractivity contribution in [2.24, 2.45) is 5.92 Å². The van der Waals surface area contributed by atoms with Crippen LogP contribution in [0.1, 0.15) is 39.0 Å². The number of hydrogen-bond donors (Lipinski definition) is 2. The van der Waals surface area contributed by atoms with Crippen molar-refractivity contribution in [1.29, 1.82) is 0 Å². The largest absolute Gasteiger partial charge is 0.396 e. The molecule has 0 aromatic heterocycles. The van der Waals surface area contributed by atoms with Crippen LogP contribution in [-0.2, 0) is 10.0 Å². The zero-order valence-electron chi connectivity index (χ0n) is 11.6. The van der Waals surface area contributed by atoms with Crippen LogP contribution in [0.2, 0.25) is 0 Å². The van der Waals surface area contributed by atoms with E-state index < -0.39 is 15.8 Å². The SMILES string of the molecule is CCC1CCCC(NS(=O)(=O)c2ccc(N)c(F)c2)C1. The summed E-state index contributed by atoms with van der Waals surface area (Å²) in [4.78, 5) is -0.0668. The molecule has 0 amide bonds. The summed E-state index contributed by atoms with van der Waals surface area (Å²) in [6.45, 7) is 2.12. The molecular formula is C14H21FN2O2S. The lowest BCUT2D eigenvalue weighted by Gasteiger charge is -2.28. The van der Waals surface area contributed by atoms with E-state index in [1.165, 1.54) is 12.1 Å². The van der Waals surface area contributed by atoms with E-state index in [9.17, 15) is 12.8 Å². The number of hydrogen-bond acceptors (Lipinski definition) is 3. The van der Waals surface area contributed by atoms with Gasteiger partial charge in [0.1, 0.15) is 5.82 Å². The van der Waals surface area contributed by atoms with Gasteiger partial charge >= 0.3 is 0 Å². The molecule has 0 saturated heterocycles. The van der Waals surface area contributed by atoms with Gasteiger partial charge in [-0.15, -0.1) is 0 Å². The molecule has 0 bridgehead atoms. The van der Waals surface area contributed by atoms with Gasteiger partial charge in [-0.1, -0.05) is 26.2 Å². The number of halogens is 1. The van der Waals surface area contributed by atoms with Crippen LogP contribution in [0.25, 0.3) is 0 Å². The van der Waals surface area contributed by atoms with E-state index >= 15 is 0 Å². The number of nitrogen functional groups attached to an aromatic ring is 1. The van der Waals surface area contributed by atoms with E-state index in [1.807, 2.05) is 0 Å². The Bertz CT molecular complexity index is 575. The highest BCUT2D eigenvalue weighted by Gasteiger charge is 2.26. The van der Waals surface area contributed by atoms with Crippen LogP contribution >= 0.6 is 0 Å². The highest BCUT2D eigenvalue weighted by Crippen LogP contribution is 2.27. The Morgan fingerprint density at radius 2 is 2.15 bits per heavy atom. The second-order valence-corrected chi connectivity index (χ2v) is 7.16. The Hall–Kier alpha value is -1.14. The van der Waals surface area contributed by atoms with Crippen molar-refractivity contribution in [3.8, 4) is 0 Å². The van der Waals surface area contributed by atoms with Gasteiger partial charge < -0.3 is 5.73 Å². The maximum atomic E-state index is 13.4. The third kappa shape index (κ3) is 3.49. The molecule has 6 heteroatoms. The number of sulfonamides is 1. The van der Waals surface area contributed by atoms with Crippen LogP contribution in [0.15, 0.2) is 23.1 Å². The molecule has 20 heavy (non-hydrogen) atoms. The minimum atomic E-state index is -3.68. The zero-order chi connectivity index (χ0) is 14.8. The van der Waals surface area contributed by atoms with Crippen molar-refractivity contribution in [2.75, 3.05) is 5.73 Å². The smallest absolute Gasteiger partial charge is 0.240 e. The van der Waals surface area contributed by atoms with Gasteiger partial charge in [-0.05, 0) is 37.0 Å². The predicted molar refractivity (Wildman–Crippen MR) is 77.2 cm³/mol. The van der Waals surface area contributed by atoms with Crippen molar-refractivity contribution in [3.05, 3.63) is 24.0 Å². The van der Waals surface area contributed by atoms with Crippen molar-refractivity contribution >= 4 is 15.7 Å². The van der Waals surface area contributed by atoms with Crippen LogP contribution in [0, 0.1) is 11.7 Å². The Balaban J connectivity index is 2.12. The van der Waals surface area contributed by atoms with Gasteiger partial charge in [0.25, 0.3) is 0 Å². The Morgan fingerprint density at radius 3 is 2.80 bits per heavy atom. The molecule has 0 aliphatic heterocycles. The first-order chi connectivity index (χ1) is 9.42. The van der Waals surface area contributed by atoms with Crippen molar-refractivity contribution in [1.82, 2.24) is 4.72 Å². The molecule has 1 aliphatic carbocycles. The van der Waals surface area contributed by atoms with Crippen molar-refractivity contribution < 1.29 is 12.8 Å². The molecule has 112 valence electrons. The molecule has 1 aromatic carbocycles. The minimum absolute atomic E-state index is 0.0485. The molecule has 1 fully saturated rings. The zero-order valence-corrected chi connectivity index (χ0v) is 12.4. The average Bonchev–Trinajstić information content (AvgIpc) is 2.41. The molecule has 2 unspecified atom stereocenters. The molecule has 1 aliphatic rings. The number of benzene rings is 1. The third-order valence-corrected chi connectivity index (χ3v) is 5.48. The summed E-state index contributed by atoms with van der Waals surface area (Å²) < 4.78 is 40.6. The van der Waals surface area contributed by atoms with Gasteiger partial charge in [-0.3, -0.25) is 0 Å². The maximum Gasteiger partial charge on any atom is 0.240 e. The number of nitrogens with two attached hydrogens (primary N) is 1. The monoisotopic (exact) mass is 300 g/mol. The summed E-state index contributed by atoms with van der Waals surface area (Å²) in [6, 6.07) is 3.53. The fourth-order valence-corrected chi connectivity index (χ4v) is 4.03. The average molecular weight is 300 g/mol. The third-order valence-electron chi connectivity index (χ3n) is 3.96. The van der Waals surface area contributed by atoms with Gasteiger partial charge in [0, 0.05) is 6.04 Å². The second-order valence-electron chi connectivity index (χ2n) is 5.44. The van der Waals surface area contributed by atoms with Crippen molar-refractivity contribution in [2.45, 2.75) is 50.0 Å². The standard InChI is InChI=1S/C14H21FN2O2S/c1-2-10-4-3-5-11(8-10)17-20(18,19)12-6-7-14(16)13(15)9-12/h6-7,9-11,17H,2-5,8,16H2,1H3. The Morgan fingerprint density at radius 1 is 1.40 bits per heavy atom. The molecular weight excluding hydrogens is 279 g/mol. The van der Waals surface area contributed by atoms with Gasteiger partial charge in [-0.25, -0.2) is 17.5 Å². The van der Waals surface area contributed by atoms with E-state index in [1.54, 1.807) is 0 Å². The first-order valence-corrected chi connectivity index (χ1v) is 8.48. The number of anilines is 1. The van der Waals surface area contributed by atoms with E-state index in [4.69, 9.17) is 5.73 Å². The van der Waals surface area contributed by atoms with Crippen LogP contribution in [0.5, 0.6) is 0 Å². The second kappa shape index (κ2) is 6.10. The van der Waals surface area contributed by atoms with E-state index in [2.05, 4.69) is 11.6 Å². The van der Waals surface area contributed by atoms with Crippen LogP contribution in [-0.4, -0.2) is 14.5 Å². The van der Waals surface area contributed by atoms with Crippen molar-refractivity contribution in [3.63, 3.8) is 0 Å². The minimum Gasteiger partial charge on any atom is -0.396 e. The van der Waals surface area contributed by atoms with Gasteiger partial charge in [-0.2, -0.15) is 0 Å². The predicted octanol–water partition coefficient (Wildman–Crippen LogP) is 2.66.